The van der Waals surface area contributed by atoms with Crippen LogP contribution in [0.3, 0.4) is 0 Å². The Hall–Kier alpha value is -2.05. The molecule has 1 rings (SSSR count). The van der Waals surface area contributed by atoms with Crippen molar-refractivity contribution < 1.29 is 9.72 Å². The van der Waals surface area contributed by atoms with Gasteiger partial charge in [0.15, 0.2) is 6.20 Å². The maximum Gasteiger partial charge on any atom is 0.395 e. The summed E-state index contributed by atoms with van der Waals surface area (Å²) in [5.41, 5.74) is -0.282. The summed E-state index contributed by atoms with van der Waals surface area (Å²) in [6.07, 6.45) is 2.38. The third kappa shape index (κ3) is 1.75. The lowest BCUT2D eigenvalue weighted by Crippen LogP contribution is -2.21. The number of nitrogens with zero attached hydrogens (tertiary/aromatic N) is 3. The molecular formula is C6H6N4O3. The molecule has 0 radical (unpaired) electrons. The van der Waals surface area contributed by atoms with Gasteiger partial charge in [-0.15, -0.1) is 0 Å². The van der Waals surface area contributed by atoms with Gasteiger partial charge in [-0.25, -0.2) is 4.98 Å². The van der Waals surface area contributed by atoms with Gasteiger partial charge in [0.05, 0.1) is 6.20 Å². The Balaban J connectivity index is 3.19. The van der Waals surface area contributed by atoms with Gasteiger partial charge >= 0.3 is 5.82 Å². The lowest BCUT2D eigenvalue weighted by atomic mass is 10.4. The van der Waals surface area contributed by atoms with Crippen LogP contribution in [0.4, 0.5) is 5.82 Å². The molecule has 0 aliphatic carbocycles. The van der Waals surface area contributed by atoms with Crippen molar-refractivity contribution in [2.75, 3.05) is 7.05 Å². The number of nitrogens with one attached hydrogen (secondary N) is 1. The van der Waals surface area contributed by atoms with Gasteiger partial charge in [-0.1, -0.05) is 0 Å². The highest BCUT2D eigenvalue weighted by Gasteiger charge is 2.21. The highest BCUT2D eigenvalue weighted by atomic mass is 16.6. The van der Waals surface area contributed by atoms with E-state index in [-0.39, 0.29) is 5.69 Å². The number of carbonyl (C=O) groups excluding carboxylic acids is 1. The fraction of sp³-hybridized carbons (Fsp3) is 0.167. The molecule has 1 aromatic rings. The van der Waals surface area contributed by atoms with Crippen molar-refractivity contribution in [2.45, 2.75) is 0 Å². The largest absolute Gasteiger partial charge is 0.395 e. The van der Waals surface area contributed by atoms with Crippen molar-refractivity contribution in [3.63, 3.8) is 0 Å². The zero-order valence-corrected chi connectivity index (χ0v) is 6.72. The quantitative estimate of drug-likeness (QED) is 0.502. The number of hydrogen-bond donors (Lipinski definition) is 1. The van der Waals surface area contributed by atoms with Crippen LogP contribution in [0, 0.1) is 10.1 Å². The summed E-state index contributed by atoms with van der Waals surface area (Å²) >= 11 is 0. The number of rotatable bonds is 2. The molecule has 1 N–H and O–H groups in total. The zero-order chi connectivity index (χ0) is 9.84. The molecule has 1 heterocycles. The Kier molecular flexibility index (Phi) is 2.48. The van der Waals surface area contributed by atoms with Crippen LogP contribution in [-0.2, 0) is 0 Å². The molecule has 68 valence electrons. The smallest absolute Gasteiger partial charge is 0.358 e. The Labute approximate surface area is 73.0 Å². The average Bonchev–Trinajstić information content (AvgIpc) is 2.16. The van der Waals surface area contributed by atoms with E-state index in [1.807, 2.05) is 0 Å². The molecule has 0 saturated heterocycles. The molecule has 7 heteroatoms. The predicted octanol–water partition coefficient (Wildman–Crippen LogP) is -0.256. The summed E-state index contributed by atoms with van der Waals surface area (Å²) in [7, 11) is 1.36. The van der Waals surface area contributed by atoms with E-state index in [2.05, 4.69) is 15.3 Å². The molecule has 0 fully saturated rings. The van der Waals surface area contributed by atoms with Crippen LogP contribution in [0.2, 0.25) is 0 Å². The zero-order valence-electron chi connectivity index (χ0n) is 6.72. The summed E-state index contributed by atoms with van der Waals surface area (Å²) in [5.74, 6) is -1.17. The van der Waals surface area contributed by atoms with Crippen LogP contribution in [0.5, 0.6) is 0 Å². The van der Waals surface area contributed by atoms with Crippen molar-refractivity contribution in [3.05, 3.63) is 28.2 Å². The first kappa shape index (κ1) is 9.04. The Morgan fingerprint density at radius 3 is 2.69 bits per heavy atom. The second-order valence-corrected chi connectivity index (χ2v) is 2.06. The van der Waals surface area contributed by atoms with Gasteiger partial charge in [-0.05, 0) is 9.91 Å². The first-order valence-corrected chi connectivity index (χ1v) is 3.34. The predicted molar refractivity (Wildman–Crippen MR) is 42.1 cm³/mol. The lowest BCUT2D eigenvalue weighted by Gasteiger charge is -1.98. The summed E-state index contributed by atoms with van der Waals surface area (Å²) in [6.45, 7) is 0. The van der Waals surface area contributed by atoms with E-state index in [9.17, 15) is 14.9 Å². The van der Waals surface area contributed by atoms with E-state index >= 15 is 0 Å². The normalized spacial score (nSPS) is 9.31. The molecule has 7 nitrogen and oxygen atoms in total. The van der Waals surface area contributed by atoms with E-state index in [0.717, 1.165) is 6.20 Å². The second kappa shape index (κ2) is 3.57. The molecule has 0 atom stereocenters. The minimum Gasteiger partial charge on any atom is -0.358 e. The standard InChI is InChI=1S/C6H6N4O3/c1-7-6(11)4-5(10(12)13)9-3-2-8-4/h2-3H,1H3,(H,7,11). The number of aromatic nitrogens is 2. The molecule has 0 aliphatic heterocycles. The molecule has 0 spiro atoms. The minimum absolute atomic E-state index is 0.282. The molecule has 1 aromatic heterocycles. The van der Waals surface area contributed by atoms with Crippen LogP contribution in [0.1, 0.15) is 10.5 Å². The van der Waals surface area contributed by atoms with Crippen molar-refractivity contribution >= 4 is 11.7 Å². The first-order valence-electron chi connectivity index (χ1n) is 3.34. The van der Waals surface area contributed by atoms with Crippen molar-refractivity contribution in [2.24, 2.45) is 0 Å². The van der Waals surface area contributed by atoms with E-state index in [1.54, 1.807) is 0 Å². The highest BCUT2D eigenvalue weighted by molar-refractivity contribution is 5.95. The van der Waals surface area contributed by atoms with Gasteiger partial charge in [-0.2, -0.15) is 0 Å². The fourth-order valence-electron chi connectivity index (χ4n) is 0.743. The van der Waals surface area contributed by atoms with Crippen LogP contribution in [0.15, 0.2) is 12.4 Å². The maximum atomic E-state index is 11.0. The van der Waals surface area contributed by atoms with E-state index in [0.29, 0.717) is 0 Å². The molecule has 0 unspecified atom stereocenters. The summed E-state index contributed by atoms with van der Waals surface area (Å²) in [4.78, 5) is 27.6. The van der Waals surface area contributed by atoms with Gasteiger partial charge in [-0.3, -0.25) is 4.79 Å². The molecule has 13 heavy (non-hydrogen) atoms. The molecule has 0 aliphatic rings. The summed E-state index contributed by atoms with van der Waals surface area (Å²) < 4.78 is 0. The van der Waals surface area contributed by atoms with Crippen LogP contribution >= 0.6 is 0 Å². The third-order valence-corrected chi connectivity index (χ3v) is 1.29. The number of carbonyl (C=O) groups is 1. The van der Waals surface area contributed by atoms with Crippen molar-refractivity contribution in [3.8, 4) is 0 Å². The number of nitro groups is 1. The second-order valence-electron chi connectivity index (χ2n) is 2.06. The summed E-state index contributed by atoms with van der Waals surface area (Å²) in [6, 6.07) is 0. The monoisotopic (exact) mass is 182 g/mol. The van der Waals surface area contributed by atoms with Crippen molar-refractivity contribution in [1.82, 2.24) is 15.3 Å². The fourth-order valence-corrected chi connectivity index (χ4v) is 0.743. The Morgan fingerprint density at radius 2 is 2.15 bits per heavy atom. The van der Waals surface area contributed by atoms with Crippen LogP contribution in [0.25, 0.3) is 0 Å². The SMILES string of the molecule is CNC(=O)c1nccnc1[N+](=O)[O-]. The molecular weight excluding hydrogens is 176 g/mol. The van der Waals surface area contributed by atoms with E-state index < -0.39 is 16.6 Å². The van der Waals surface area contributed by atoms with Gasteiger partial charge in [0.25, 0.3) is 5.91 Å². The van der Waals surface area contributed by atoms with E-state index in [1.165, 1.54) is 13.2 Å². The highest BCUT2D eigenvalue weighted by Crippen LogP contribution is 2.09. The topological polar surface area (TPSA) is 98.0 Å². The first-order chi connectivity index (χ1) is 6.16. The van der Waals surface area contributed by atoms with Gasteiger partial charge < -0.3 is 15.4 Å². The van der Waals surface area contributed by atoms with Crippen molar-refractivity contribution in [1.29, 1.82) is 0 Å². The number of amides is 1. The molecule has 1 amide bonds. The molecule has 0 bridgehead atoms. The van der Waals surface area contributed by atoms with Gasteiger partial charge in [0.1, 0.15) is 0 Å². The molecule has 0 aromatic carbocycles. The number of hydrogen-bond acceptors (Lipinski definition) is 5. The Morgan fingerprint density at radius 1 is 1.54 bits per heavy atom. The maximum absolute atomic E-state index is 11.0. The van der Waals surface area contributed by atoms with Crippen LogP contribution in [-0.4, -0.2) is 27.8 Å². The Bertz CT molecular complexity index is 351. The summed E-state index contributed by atoms with van der Waals surface area (Å²) in [5, 5.41) is 12.6. The molecule has 0 saturated carbocycles. The lowest BCUT2D eigenvalue weighted by molar-refractivity contribution is -0.390. The average molecular weight is 182 g/mol. The van der Waals surface area contributed by atoms with Gasteiger partial charge in [0.2, 0.25) is 5.69 Å². The van der Waals surface area contributed by atoms with Gasteiger partial charge in [0, 0.05) is 7.05 Å². The van der Waals surface area contributed by atoms with Crippen LogP contribution < -0.4 is 5.32 Å². The third-order valence-electron chi connectivity index (χ3n) is 1.29. The minimum atomic E-state index is -0.752. The van der Waals surface area contributed by atoms with E-state index in [4.69, 9.17) is 0 Å².